The normalized spacial score (nSPS) is 11.3. The number of carbonyl (C=O) groups is 1. The summed E-state index contributed by atoms with van der Waals surface area (Å²) in [4.78, 5) is 15.4. The fourth-order valence-electron chi connectivity index (χ4n) is 2.42. The summed E-state index contributed by atoms with van der Waals surface area (Å²) in [7, 11) is 1.41. The van der Waals surface area contributed by atoms with Gasteiger partial charge >= 0.3 is 5.97 Å². The van der Waals surface area contributed by atoms with Crippen LogP contribution in [0.1, 0.15) is 36.0 Å². The van der Waals surface area contributed by atoms with Gasteiger partial charge in [-0.05, 0) is 37.0 Å². The first kappa shape index (κ1) is 16.7. The van der Waals surface area contributed by atoms with Crippen molar-refractivity contribution >= 4 is 17.2 Å². The first-order chi connectivity index (χ1) is 11.1. The Bertz CT molecular complexity index is 694. The maximum atomic E-state index is 11.2. The van der Waals surface area contributed by atoms with Crippen LogP contribution in [0.4, 0.5) is 5.69 Å². The second kappa shape index (κ2) is 8.13. The van der Waals surface area contributed by atoms with Gasteiger partial charge in [-0.15, -0.1) is 0 Å². The van der Waals surface area contributed by atoms with Gasteiger partial charge in [0.05, 0.1) is 7.11 Å². The number of hydrogen-bond acceptors (Lipinski definition) is 4. The number of anilines is 1. The van der Waals surface area contributed by atoms with E-state index in [0.29, 0.717) is 6.42 Å². The summed E-state index contributed by atoms with van der Waals surface area (Å²) >= 11 is 0. The minimum absolute atomic E-state index is 0.184. The minimum Gasteiger partial charge on any atom is -0.469 e. The predicted molar refractivity (Wildman–Crippen MR) is 92.8 cm³/mol. The van der Waals surface area contributed by atoms with E-state index < -0.39 is 0 Å². The highest BCUT2D eigenvalue weighted by Crippen LogP contribution is 2.30. The van der Waals surface area contributed by atoms with E-state index in [2.05, 4.69) is 15.8 Å². The molecule has 0 unspecified atom stereocenters. The lowest BCUT2D eigenvalue weighted by atomic mass is 9.94. The topological polar surface area (TPSA) is 65.2 Å². The fraction of sp³-hybridized carbons (Fsp3) is 0.263. The Morgan fingerprint density at radius 2 is 2.13 bits per heavy atom. The fourth-order valence-corrected chi connectivity index (χ4v) is 2.42. The minimum atomic E-state index is -0.184. The Kier molecular flexibility index (Phi) is 5.92. The Labute approximate surface area is 137 Å². The average Bonchev–Trinajstić information content (AvgIpc) is 2.58. The van der Waals surface area contributed by atoms with E-state index >= 15 is 0 Å². The zero-order valence-electron chi connectivity index (χ0n) is 13.6. The quantitative estimate of drug-likeness (QED) is 0.501. The number of rotatable bonds is 6. The lowest BCUT2D eigenvalue weighted by Gasteiger charge is -2.13. The van der Waals surface area contributed by atoms with E-state index in [9.17, 15) is 4.79 Å². The van der Waals surface area contributed by atoms with Gasteiger partial charge < -0.3 is 10.5 Å². The number of ether oxygens (including phenoxy) is 1. The molecule has 1 heterocycles. The lowest BCUT2D eigenvalue weighted by molar-refractivity contribution is -0.140. The van der Waals surface area contributed by atoms with Gasteiger partial charge in [-0.2, -0.15) is 0 Å². The third-order valence-electron chi connectivity index (χ3n) is 3.75. The number of nitrogens with two attached hydrogens (primary N) is 1. The van der Waals surface area contributed by atoms with Gasteiger partial charge in [-0.1, -0.05) is 30.3 Å². The maximum Gasteiger partial charge on any atom is 0.305 e. The van der Waals surface area contributed by atoms with Crippen molar-refractivity contribution in [1.29, 1.82) is 0 Å². The predicted octanol–water partition coefficient (Wildman–Crippen LogP) is 3.75. The van der Waals surface area contributed by atoms with Gasteiger partial charge in [0, 0.05) is 35.6 Å². The third kappa shape index (κ3) is 4.42. The molecule has 1 aromatic carbocycles. The molecule has 0 aliphatic carbocycles. The van der Waals surface area contributed by atoms with E-state index in [1.165, 1.54) is 7.11 Å². The molecule has 4 nitrogen and oxygen atoms in total. The molecule has 120 valence electrons. The summed E-state index contributed by atoms with van der Waals surface area (Å²) in [5.41, 5.74) is 11.1. The summed E-state index contributed by atoms with van der Waals surface area (Å²) in [6.45, 7) is 2.00. The smallest absolute Gasteiger partial charge is 0.305 e. The van der Waals surface area contributed by atoms with Crippen LogP contribution in [0, 0.1) is 6.92 Å². The van der Waals surface area contributed by atoms with Crippen LogP contribution in [-0.2, 0) is 9.53 Å². The molecule has 0 spiro atoms. The molecule has 2 aromatic rings. The van der Waals surface area contributed by atoms with E-state index in [0.717, 1.165) is 40.8 Å². The molecule has 0 bridgehead atoms. The molecule has 2 rings (SSSR count). The molecule has 0 atom stereocenters. The van der Waals surface area contributed by atoms with Gasteiger partial charge in [0.2, 0.25) is 0 Å². The average molecular weight is 310 g/mol. The Hall–Kier alpha value is -2.62. The van der Waals surface area contributed by atoms with Crippen molar-refractivity contribution in [2.24, 2.45) is 0 Å². The molecule has 0 fully saturated rings. The van der Waals surface area contributed by atoms with Crippen molar-refractivity contribution in [3.8, 4) is 0 Å². The molecular formula is C19H22N2O2. The number of aryl methyl sites for hydroxylation is 1. The molecule has 0 aliphatic rings. The number of hydrogen-bond donors (Lipinski definition) is 1. The number of nitrogens with zero attached hydrogens (tertiary/aromatic N) is 1. The van der Waals surface area contributed by atoms with Crippen molar-refractivity contribution in [3.63, 3.8) is 0 Å². The van der Waals surface area contributed by atoms with Gasteiger partial charge in [0.25, 0.3) is 0 Å². The zero-order chi connectivity index (χ0) is 16.7. The van der Waals surface area contributed by atoms with Crippen LogP contribution in [-0.4, -0.2) is 18.1 Å². The number of pyridine rings is 1. The maximum absolute atomic E-state index is 11.2. The second-order valence-electron chi connectivity index (χ2n) is 5.36. The van der Waals surface area contributed by atoms with Gasteiger partial charge in [-0.25, -0.2) is 0 Å². The highest BCUT2D eigenvalue weighted by molar-refractivity contribution is 5.86. The molecule has 4 heteroatoms. The number of benzene rings is 1. The molecule has 0 saturated carbocycles. The van der Waals surface area contributed by atoms with Gasteiger partial charge in [0.15, 0.2) is 0 Å². The first-order valence-corrected chi connectivity index (χ1v) is 7.66. The number of esters is 1. The Morgan fingerprint density at radius 1 is 1.30 bits per heavy atom. The van der Waals surface area contributed by atoms with Crippen LogP contribution in [0.5, 0.6) is 0 Å². The van der Waals surface area contributed by atoms with E-state index in [-0.39, 0.29) is 5.97 Å². The molecular weight excluding hydrogens is 288 g/mol. The largest absolute Gasteiger partial charge is 0.469 e. The Balaban J connectivity index is 2.29. The monoisotopic (exact) mass is 310 g/mol. The number of unbranched alkanes of at least 4 members (excludes halogenated alkanes) is 1. The molecule has 0 saturated heterocycles. The van der Waals surface area contributed by atoms with E-state index in [4.69, 9.17) is 5.73 Å². The van der Waals surface area contributed by atoms with Crippen LogP contribution >= 0.6 is 0 Å². The summed E-state index contributed by atoms with van der Waals surface area (Å²) in [5.74, 6) is -0.184. The zero-order valence-corrected chi connectivity index (χ0v) is 13.6. The molecule has 0 aliphatic heterocycles. The van der Waals surface area contributed by atoms with E-state index in [1.54, 1.807) is 6.20 Å². The third-order valence-corrected chi connectivity index (χ3v) is 3.75. The summed E-state index contributed by atoms with van der Waals surface area (Å²) in [6.07, 6.45) is 7.61. The van der Waals surface area contributed by atoms with E-state index in [1.807, 2.05) is 43.5 Å². The second-order valence-corrected chi connectivity index (χ2v) is 5.36. The van der Waals surface area contributed by atoms with Crippen LogP contribution in [0.15, 0.2) is 48.8 Å². The number of nitrogen functional groups attached to an aromatic ring is 1. The number of allylic oxidation sites excluding steroid dienone is 1. The number of para-hydroxylation sites is 1. The van der Waals surface area contributed by atoms with Crippen molar-refractivity contribution in [1.82, 2.24) is 4.98 Å². The van der Waals surface area contributed by atoms with Crippen LogP contribution in [0.2, 0.25) is 0 Å². The SMILES string of the molecule is COC(=O)CCCC=C(c1cccnc1)c1cccc(C)c1N. The van der Waals surface area contributed by atoms with Gasteiger partial charge in [0.1, 0.15) is 0 Å². The van der Waals surface area contributed by atoms with Crippen LogP contribution in [0.25, 0.3) is 5.57 Å². The first-order valence-electron chi connectivity index (χ1n) is 7.66. The van der Waals surface area contributed by atoms with Crippen molar-refractivity contribution in [2.45, 2.75) is 26.2 Å². The number of methoxy groups -OCH3 is 1. The number of carbonyl (C=O) groups excluding carboxylic acids is 1. The van der Waals surface area contributed by atoms with Crippen molar-refractivity contribution < 1.29 is 9.53 Å². The Morgan fingerprint density at radius 3 is 2.83 bits per heavy atom. The van der Waals surface area contributed by atoms with Crippen LogP contribution < -0.4 is 5.73 Å². The van der Waals surface area contributed by atoms with Gasteiger partial charge in [-0.3, -0.25) is 9.78 Å². The van der Waals surface area contributed by atoms with Crippen LogP contribution in [0.3, 0.4) is 0 Å². The standard InChI is InChI=1S/C19H22N2O2/c1-14-7-5-10-17(19(14)20)16(15-8-6-12-21-13-15)9-3-4-11-18(22)23-2/h5-10,12-13H,3-4,11,20H2,1-2H3. The summed E-state index contributed by atoms with van der Waals surface area (Å²) < 4.78 is 4.67. The molecule has 0 radical (unpaired) electrons. The molecule has 23 heavy (non-hydrogen) atoms. The van der Waals surface area contributed by atoms with Crippen molar-refractivity contribution in [2.75, 3.05) is 12.8 Å². The summed E-state index contributed by atoms with van der Waals surface area (Å²) in [5, 5.41) is 0. The molecule has 1 aromatic heterocycles. The highest BCUT2D eigenvalue weighted by Gasteiger charge is 2.10. The molecule has 2 N–H and O–H groups in total. The lowest BCUT2D eigenvalue weighted by Crippen LogP contribution is -2.00. The summed E-state index contributed by atoms with van der Waals surface area (Å²) in [6, 6.07) is 9.93. The number of aromatic nitrogens is 1. The molecule has 0 amide bonds. The van der Waals surface area contributed by atoms with Crippen molar-refractivity contribution in [3.05, 3.63) is 65.5 Å². The highest BCUT2D eigenvalue weighted by atomic mass is 16.5.